The topological polar surface area (TPSA) is 40.9 Å². The summed E-state index contributed by atoms with van der Waals surface area (Å²) in [4.78, 5) is 21.4. The number of aldehydes is 1. The number of carbonyl (C=O) groups is 1. The first kappa shape index (κ1) is 11.7. The van der Waals surface area contributed by atoms with E-state index >= 15 is 0 Å². The van der Waals surface area contributed by atoms with E-state index < -0.39 is 0 Å². The lowest BCUT2D eigenvalue weighted by molar-refractivity contribution is 0.111. The number of hydrogen-bond acceptors (Lipinski definition) is 5. The molecule has 0 aliphatic carbocycles. The summed E-state index contributed by atoms with van der Waals surface area (Å²) in [6.45, 7) is 5.11. The monoisotopic (exact) mass is 264 g/mol. The molecule has 18 heavy (non-hydrogen) atoms. The lowest BCUT2D eigenvalue weighted by Crippen LogP contribution is -2.51. The van der Waals surface area contributed by atoms with Gasteiger partial charge in [0.15, 0.2) is 17.1 Å². The van der Waals surface area contributed by atoms with Gasteiger partial charge in [0.05, 0.1) is 0 Å². The predicted molar refractivity (Wildman–Crippen MR) is 72.8 cm³/mol. The summed E-state index contributed by atoms with van der Waals surface area (Å²) in [7, 11) is 2.13. The maximum atomic E-state index is 11.3. The largest absolute Gasteiger partial charge is 0.349 e. The maximum absolute atomic E-state index is 11.3. The van der Waals surface area contributed by atoms with Crippen LogP contribution in [0.15, 0.2) is 11.6 Å². The molecule has 6 heteroatoms. The Morgan fingerprint density at radius 2 is 2.33 bits per heavy atom. The number of piperazine rings is 1. The number of hydrogen-bond donors (Lipinski definition) is 0. The van der Waals surface area contributed by atoms with E-state index in [1.165, 1.54) is 0 Å². The normalized spacial score (nSPS) is 21.7. The summed E-state index contributed by atoms with van der Waals surface area (Å²) in [6.07, 6.45) is 2.81. The zero-order chi connectivity index (χ0) is 12.7. The van der Waals surface area contributed by atoms with Gasteiger partial charge in [0.2, 0.25) is 0 Å². The van der Waals surface area contributed by atoms with Gasteiger partial charge < -0.3 is 9.80 Å². The molecule has 0 bridgehead atoms. The fourth-order valence-electron chi connectivity index (χ4n) is 2.57. The van der Waals surface area contributed by atoms with Crippen molar-refractivity contribution in [2.24, 2.45) is 0 Å². The number of carbonyl (C=O) groups excluding carboxylic acids is 1. The second-order valence-electron chi connectivity index (χ2n) is 4.80. The van der Waals surface area contributed by atoms with Gasteiger partial charge in [0.25, 0.3) is 0 Å². The van der Waals surface area contributed by atoms with Crippen LogP contribution >= 0.6 is 11.3 Å². The second kappa shape index (κ2) is 4.37. The molecule has 5 nitrogen and oxygen atoms in total. The highest BCUT2D eigenvalue weighted by Crippen LogP contribution is 2.26. The van der Waals surface area contributed by atoms with E-state index in [2.05, 4.69) is 28.8 Å². The van der Waals surface area contributed by atoms with Crippen molar-refractivity contribution >= 4 is 28.4 Å². The van der Waals surface area contributed by atoms with Gasteiger partial charge in [-0.1, -0.05) is 0 Å². The van der Waals surface area contributed by atoms with Crippen LogP contribution in [0.25, 0.3) is 4.96 Å². The van der Waals surface area contributed by atoms with Gasteiger partial charge in [-0.05, 0) is 14.0 Å². The summed E-state index contributed by atoms with van der Waals surface area (Å²) < 4.78 is 1.87. The zero-order valence-electron chi connectivity index (χ0n) is 10.5. The van der Waals surface area contributed by atoms with E-state index in [1.54, 1.807) is 11.3 Å². The number of rotatable bonds is 2. The van der Waals surface area contributed by atoms with Gasteiger partial charge in [0.1, 0.15) is 5.69 Å². The first-order valence-corrected chi connectivity index (χ1v) is 6.94. The van der Waals surface area contributed by atoms with Crippen LogP contribution in [-0.4, -0.2) is 53.3 Å². The minimum Gasteiger partial charge on any atom is -0.349 e. The molecule has 1 unspecified atom stereocenters. The molecule has 1 aliphatic heterocycles. The lowest BCUT2D eigenvalue weighted by atomic mass is 10.2. The van der Waals surface area contributed by atoms with Crippen LogP contribution in [0.4, 0.5) is 5.82 Å². The van der Waals surface area contributed by atoms with Gasteiger partial charge >= 0.3 is 0 Å². The first-order valence-electron chi connectivity index (χ1n) is 6.06. The molecule has 0 radical (unpaired) electrons. The van der Waals surface area contributed by atoms with Gasteiger partial charge in [-0.3, -0.25) is 9.20 Å². The van der Waals surface area contributed by atoms with Crippen molar-refractivity contribution in [3.63, 3.8) is 0 Å². The van der Waals surface area contributed by atoms with Crippen molar-refractivity contribution < 1.29 is 4.79 Å². The molecular formula is C12H16N4OS. The molecule has 0 aromatic carbocycles. The van der Waals surface area contributed by atoms with Crippen LogP contribution in [0.5, 0.6) is 0 Å². The van der Waals surface area contributed by atoms with Gasteiger partial charge in [0, 0.05) is 37.3 Å². The van der Waals surface area contributed by atoms with Crippen LogP contribution < -0.4 is 4.90 Å². The van der Waals surface area contributed by atoms with Crippen molar-refractivity contribution in [1.82, 2.24) is 14.3 Å². The molecule has 3 rings (SSSR count). The molecule has 0 saturated carbocycles. The first-order chi connectivity index (χ1) is 8.70. The number of fused-ring (bicyclic) bond motifs is 1. The number of anilines is 1. The summed E-state index contributed by atoms with van der Waals surface area (Å²) >= 11 is 1.56. The Bertz CT molecular complexity index is 576. The smallest absolute Gasteiger partial charge is 0.196 e. The number of imidazole rings is 1. The van der Waals surface area contributed by atoms with Crippen LogP contribution in [-0.2, 0) is 0 Å². The molecule has 96 valence electrons. The Kier molecular flexibility index (Phi) is 2.83. The fourth-order valence-corrected chi connectivity index (χ4v) is 3.28. The highest BCUT2D eigenvalue weighted by atomic mass is 32.1. The van der Waals surface area contributed by atoms with Crippen LogP contribution in [0.1, 0.15) is 17.4 Å². The summed E-state index contributed by atoms with van der Waals surface area (Å²) in [5, 5.41) is 1.95. The predicted octanol–water partition coefficient (Wildman–Crippen LogP) is 1.35. The van der Waals surface area contributed by atoms with E-state index in [1.807, 2.05) is 16.0 Å². The number of likely N-dealkylation sites (N-methyl/N-ethyl adjacent to an activating group) is 1. The SMILES string of the molecule is CC1CN(C)CCN1c1nc2sccn2c1C=O. The van der Waals surface area contributed by atoms with Crippen molar-refractivity contribution in [3.8, 4) is 0 Å². The van der Waals surface area contributed by atoms with E-state index in [0.717, 1.165) is 36.7 Å². The average Bonchev–Trinajstić information content (AvgIpc) is 2.88. The lowest BCUT2D eigenvalue weighted by Gasteiger charge is -2.38. The number of thiazole rings is 1. The summed E-state index contributed by atoms with van der Waals surface area (Å²) in [5.74, 6) is 0.831. The quantitative estimate of drug-likeness (QED) is 0.768. The van der Waals surface area contributed by atoms with E-state index in [9.17, 15) is 4.79 Å². The molecular weight excluding hydrogens is 248 g/mol. The number of nitrogens with zero attached hydrogens (tertiary/aromatic N) is 4. The molecule has 1 atom stereocenters. The third kappa shape index (κ3) is 1.72. The highest BCUT2D eigenvalue weighted by molar-refractivity contribution is 7.15. The Labute approximate surface area is 110 Å². The molecule has 1 saturated heterocycles. The van der Waals surface area contributed by atoms with Crippen molar-refractivity contribution in [2.45, 2.75) is 13.0 Å². The van der Waals surface area contributed by atoms with E-state index in [-0.39, 0.29) is 0 Å². The third-order valence-corrected chi connectivity index (χ3v) is 4.25. The van der Waals surface area contributed by atoms with Crippen LogP contribution in [0.3, 0.4) is 0 Å². The maximum Gasteiger partial charge on any atom is 0.196 e. The Balaban J connectivity index is 2.02. The van der Waals surface area contributed by atoms with Crippen LogP contribution in [0, 0.1) is 0 Å². The minimum atomic E-state index is 0.382. The Morgan fingerprint density at radius 1 is 1.50 bits per heavy atom. The minimum absolute atomic E-state index is 0.382. The van der Waals surface area contributed by atoms with Crippen molar-refractivity contribution in [2.75, 3.05) is 31.6 Å². The zero-order valence-corrected chi connectivity index (χ0v) is 11.4. The van der Waals surface area contributed by atoms with E-state index in [0.29, 0.717) is 11.7 Å². The molecule has 0 spiro atoms. The molecule has 1 aliphatic rings. The van der Waals surface area contributed by atoms with E-state index in [4.69, 9.17) is 0 Å². The summed E-state index contributed by atoms with van der Waals surface area (Å²) in [5.41, 5.74) is 0.669. The number of aromatic nitrogens is 2. The summed E-state index contributed by atoms with van der Waals surface area (Å²) in [6, 6.07) is 0.382. The molecule has 0 amide bonds. The molecule has 0 N–H and O–H groups in total. The van der Waals surface area contributed by atoms with Gasteiger partial charge in [-0.25, -0.2) is 4.98 Å². The Morgan fingerprint density at radius 3 is 3.06 bits per heavy atom. The molecule has 2 aromatic heterocycles. The fraction of sp³-hybridized carbons (Fsp3) is 0.500. The van der Waals surface area contributed by atoms with Gasteiger partial charge in [-0.15, -0.1) is 11.3 Å². The van der Waals surface area contributed by atoms with Crippen molar-refractivity contribution in [3.05, 3.63) is 17.3 Å². The average molecular weight is 264 g/mol. The molecule has 1 fully saturated rings. The third-order valence-electron chi connectivity index (χ3n) is 3.49. The van der Waals surface area contributed by atoms with Crippen molar-refractivity contribution in [1.29, 1.82) is 0 Å². The Hall–Kier alpha value is -1.40. The van der Waals surface area contributed by atoms with Gasteiger partial charge in [-0.2, -0.15) is 0 Å². The van der Waals surface area contributed by atoms with Crippen LogP contribution in [0.2, 0.25) is 0 Å². The molecule has 3 heterocycles. The second-order valence-corrected chi connectivity index (χ2v) is 5.67. The molecule has 2 aromatic rings. The standard InChI is InChI=1S/C12H16N4OS/c1-9-7-14(2)3-4-15(9)11-10(8-17)16-5-6-18-12(16)13-11/h5-6,8-9H,3-4,7H2,1-2H3. The highest BCUT2D eigenvalue weighted by Gasteiger charge is 2.26.